The molecule has 8 nitrogen and oxygen atoms in total. The maximum atomic E-state index is 13.0. The van der Waals surface area contributed by atoms with Gasteiger partial charge in [0.15, 0.2) is 0 Å². The van der Waals surface area contributed by atoms with E-state index in [2.05, 4.69) is 5.10 Å². The molecule has 0 aliphatic carbocycles. The monoisotopic (exact) mass is 412 g/mol. The molecule has 0 spiro atoms. The van der Waals surface area contributed by atoms with Crippen LogP contribution in [0.15, 0.2) is 23.1 Å². The molecule has 10 heteroatoms. The highest BCUT2D eigenvalue weighted by Crippen LogP contribution is 2.28. The maximum Gasteiger partial charge on any atom is 0.288 e. The van der Waals surface area contributed by atoms with Gasteiger partial charge in [0.1, 0.15) is 9.92 Å². The predicted octanol–water partition coefficient (Wildman–Crippen LogP) is 3.28. The van der Waals surface area contributed by atoms with E-state index in [4.69, 9.17) is 11.6 Å². The maximum absolute atomic E-state index is 13.0. The van der Waals surface area contributed by atoms with Crippen LogP contribution in [0, 0.1) is 24.0 Å². The van der Waals surface area contributed by atoms with Crippen LogP contribution < -0.4 is 0 Å². The summed E-state index contributed by atoms with van der Waals surface area (Å²) in [7, 11) is -3.60. The minimum atomic E-state index is -3.60. The third kappa shape index (κ3) is 3.85. The van der Waals surface area contributed by atoms with Crippen LogP contribution in [0.4, 0.5) is 5.69 Å². The van der Waals surface area contributed by atoms with E-state index in [0.717, 1.165) is 19.3 Å². The fraction of sp³-hybridized carbons (Fsp3) is 0.471. The lowest BCUT2D eigenvalue weighted by Crippen LogP contribution is -2.36. The van der Waals surface area contributed by atoms with Crippen molar-refractivity contribution in [2.75, 3.05) is 13.1 Å². The lowest BCUT2D eigenvalue weighted by atomic mass is 10.2. The lowest BCUT2D eigenvalue weighted by molar-refractivity contribution is -0.384. The lowest BCUT2D eigenvalue weighted by Gasteiger charge is -2.26. The van der Waals surface area contributed by atoms with Gasteiger partial charge >= 0.3 is 0 Å². The third-order valence-corrected chi connectivity index (χ3v) is 7.24. The first-order valence-corrected chi connectivity index (χ1v) is 10.5. The first-order chi connectivity index (χ1) is 12.7. The van der Waals surface area contributed by atoms with Crippen molar-refractivity contribution in [2.24, 2.45) is 0 Å². The molecule has 2 heterocycles. The summed E-state index contributed by atoms with van der Waals surface area (Å²) < 4.78 is 29.2. The standard InChI is InChI=1S/C17H21ClN4O4S/c1-12-17(27(25,26)20-8-4-3-5-9-20)13(2)21(19-12)11-14-6-7-15(18)16(10-14)22(23)24/h6-7,10H,3-5,8-9,11H2,1-2H3. The quantitative estimate of drug-likeness (QED) is 0.554. The van der Waals surface area contributed by atoms with Crippen molar-refractivity contribution < 1.29 is 13.3 Å². The van der Waals surface area contributed by atoms with Gasteiger partial charge in [-0.15, -0.1) is 0 Å². The van der Waals surface area contributed by atoms with Crippen molar-refractivity contribution in [3.63, 3.8) is 0 Å². The van der Waals surface area contributed by atoms with Crippen LogP contribution in [-0.2, 0) is 16.6 Å². The molecule has 1 aliphatic rings. The van der Waals surface area contributed by atoms with Crippen LogP contribution in [0.5, 0.6) is 0 Å². The summed E-state index contributed by atoms with van der Waals surface area (Å²) in [5, 5.41) is 15.5. The van der Waals surface area contributed by atoms with Crippen molar-refractivity contribution in [3.05, 3.63) is 50.3 Å². The Morgan fingerprint density at radius 3 is 2.52 bits per heavy atom. The first-order valence-electron chi connectivity index (χ1n) is 8.69. The third-order valence-electron chi connectivity index (χ3n) is 4.77. The molecule has 0 N–H and O–H groups in total. The van der Waals surface area contributed by atoms with Crippen LogP contribution in [-0.4, -0.2) is 40.5 Å². The van der Waals surface area contributed by atoms with Crippen LogP contribution >= 0.6 is 11.6 Å². The molecule has 0 bridgehead atoms. The van der Waals surface area contributed by atoms with E-state index in [1.54, 1.807) is 24.6 Å². The molecular formula is C17H21ClN4O4S. The zero-order chi connectivity index (χ0) is 19.8. The van der Waals surface area contributed by atoms with Gasteiger partial charge in [0, 0.05) is 19.2 Å². The van der Waals surface area contributed by atoms with E-state index >= 15 is 0 Å². The number of nitrogens with zero attached hydrogens (tertiary/aromatic N) is 4. The van der Waals surface area contributed by atoms with E-state index in [0.29, 0.717) is 30.0 Å². The smallest absolute Gasteiger partial charge is 0.264 e. The van der Waals surface area contributed by atoms with Crippen molar-refractivity contribution in [3.8, 4) is 0 Å². The Morgan fingerprint density at radius 1 is 1.22 bits per heavy atom. The van der Waals surface area contributed by atoms with E-state index in [-0.39, 0.29) is 22.2 Å². The normalized spacial score (nSPS) is 15.8. The fourth-order valence-electron chi connectivity index (χ4n) is 3.41. The van der Waals surface area contributed by atoms with Crippen molar-refractivity contribution >= 4 is 27.3 Å². The van der Waals surface area contributed by atoms with E-state index in [9.17, 15) is 18.5 Å². The van der Waals surface area contributed by atoms with Gasteiger partial charge in [0.2, 0.25) is 10.0 Å². The van der Waals surface area contributed by atoms with Gasteiger partial charge in [-0.1, -0.05) is 24.1 Å². The molecule has 3 rings (SSSR count). The molecule has 0 unspecified atom stereocenters. The minimum Gasteiger partial charge on any atom is -0.264 e. The summed E-state index contributed by atoms with van der Waals surface area (Å²) in [5.74, 6) is 0. The second-order valence-electron chi connectivity index (χ2n) is 6.67. The number of nitro benzene ring substituents is 1. The molecule has 0 radical (unpaired) electrons. The summed E-state index contributed by atoms with van der Waals surface area (Å²) in [4.78, 5) is 10.8. The highest BCUT2D eigenvalue weighted by atomic mass is 35.5. The second kappa shape index (κ2) is 7.57. The largest absolute Gasteiger partial charge is 0.288 e. The van der Waals surface area contributed by atoms with Gasteiger partial charge < -0.3 is 0 Å². The zero-order valence-corrected chi connectivity index (χ0v) is 16.8. The summed E-state index contributed by atoms with van der Waals surface area (Å²) in [6.45, 7) is 4.65. The predicted molar refractivity (Wildman–Crippen MR) is 102 cm³/mol. The topological polar surface area (TPSA) is 98.3 Å². The average molecular weight is 413 g/mol. The molecule has 0 saturated carbocycles. The molecule has 1 saturated heterocycles. The Balaban J connectivity index is 1.95. The van der Waals surface area contributed by atoms with Crippen LogP contribution in [0.1, 0.15) is 36.2 Å². The van der Waals surface area contributed by atoms with E-state index < -0.39 is 14.9 Å². The summed E-state index contributed by atoms with van der Waals surface area (Å²) in [5.41, 5.74) is 1.40. The zero-order valence-electron chi connectivity index (χ0n) is 15.2. The highest BCUT2D eigenvalue weighted by Gasteiger charge is 2.31. The number of sulfonamides is 1. The Hall–Kier alpha value is -1.97. The van der Waals surface area contributed by atoms with Gasteiger partial charge in [-0.3, -0.25) is 14.8 Å². The van der Waals surface area contributed by atoms with Crippen molar-refractivity contribution in [2.45, 2.75) is 44.6 Å². The number of piperidine rings is 1. The van der Waals surface area contributed by atoms with Gasteiger partial charge in [-0.05, 0) is 38.3 Å². The van der Waals surface area contributed by atoms with Crippen LogP contribution in [0.3, 0.4) is 0 Å². The number of aromatic nitrogens is 2. The number of hydrogen-bond donors (Lipinski definition) is 0. The molecule has 146 valence electrons. The second-order valence-corrected chi connectivity index (χ2v) is 8.95. The molecule has 2 aromatic rings. The SMILES string of the molecule is Cc1nn(Cc2ccc(Cl)c([N+](=O)[O-])c2)c(C)c1S(=O)(=O)N1CCCCC1. The Morgan fingerprint density at radius 2 is 1.89 bits per heavy atom. The summed E-state index contributed by atoms with van der Waals surface area (Å²) >= 11 is 5.85. The van der Waals surface area contributed by atoms with Gasteiger partial charge in [-0.2, -0.15) is 9.40 Å². The molecule has 0 amide bonds. The number of nitro groups is 1. The van der Waals surface area contributed by atoms with Gasteiger partial charge in [0.25, 0.3) is 5.69 Å². The molecule has 27 heavy (non-hydrogen) atoms. The molecule has 0 atom stereocenters. The number of aryl methyl sites for hydroxylation is 1. The number of hydrogen-bond acceptors (Lipinski definition) is 5. The Labute approximate surface area is 162 Å². The van der Waals surface area contributed by atoms with E-state index in [1.807, 2.05) is 0 Å². The fourth-order valence-corrected chi connectivity index (χ4v) is 5.49. The van der Waals surface area contributed by atoms with Crippen LogP contribution in [0.25, 0.3) is 0 Å². The van der Waals surface area contributed by atoms with Crippen molar-refractivity contribution in [1.29, 1.82) is 0 Å². The molecule has 1 aliphatic heterocycles. The molecule has 1 fully saturated rings. The summed E-state index contributed by atoms with van der Waals surface area (Å²) in [6, 6.07) is 4.52. The molecular weight excluding hydrogens is 392 g/mol. The van der Waals surface area contributed by atoms with Crippen molar-refractivity contribution in [1.82, 2.24) is 14.1 Å². The number of rotatable bonds is 5. The molecule has 1 aromatic carbocycles. The van der Waals surface area contributed by atoms with Gasteiger partial charge in [-0.25, -0.2) is 8.42 Å². The van der Waals surface area contributed by atoms with E-state index in [1.165, 1.54) is 16.4 Å². The van der Waals surface area contributed by atoms with Gasteiger partial charge in [0.05, 0.1) is 22.9 Å². The average Bonchev–Trinajstić information content (AvgIpc) is 2.91. The molecule has 1 aromatic heterocycles. The first kappa shape index (κ1) is 19.8. The Bertz CT molecular complexity index is 981. The minimum absolute atomic E-state index is 0.0606. The Kier molecular flexibility index (Phi) is 5.55. The number of halogens is 1. The van der Waals surface area contributed by atoms with Crippen LogP contribution in [0.2, 0.25) is 5.02 Å². The summed E-state index contributed by atoms with van der Waals surface area (Å²) in [6.07, 6.45) is 2.76. The number of benzene rings is 1. The highest BCUT2D eigenvalue weighted by molar-refractivity contribution is 7.89.